The molecule has 0 saturated heterocycles. The molecule has 0 unspecified atom stereocenters. The average Bonchev–Trinajstić information content (AvgIpc) is 2.60. The van der Waals surface area contributed by atoms with E-state index in [1.165, 1.54) is 5.56 Å². The summed E-state index contributed by atoms with van der Waals surface area (Å²) in [7, 11) is 1.69. The number of guanidine groups is 1. The monoisotopic (exact) mass is 348 g/mol. The lowest BCUT2D eigenvalue weighted by atomic mass is 10.1. The lowest BCUT2D eigenvalue weighted by Gasteiger charge is -2.12. The van der Waals surface area contributed by atoms with E-state index in [2.05, 4.69) is 41.7 Å². The molecule has 0 aromatic heterocycles. The van der Waals surface area contributed by atoms with Gasteiger partial charge in [0.2, 0.25) is 5.91 Å². The van der Waals surface area contributed by atoms with Gasteiger partial charge in [0.05, 0.1) is 6.54 Å². The standard InChI is InChI=1S/C19H32N4O2/c1-5-16-8-6-9-17(12-16)23-18(24)13-22-19(20-4)21-10-7-11-25-14-15(2)3/h6,8-9,12,15H,5,7,10-11,13-14H2,1-4H3,(H,23,24)(H2,20,21,22). The van der Waals surface area contributed by atoms with Crippen LogP contribution in [0, 0.1) is 5.92 Å². The second-order valence-electron chi connectivity index (χ2n) is 6.28. The number of hydrogen-bond acceptors (Lipinski definition) is 3. The molecule has 0 aliphatic carbocycles. The molecule has 6 heteroatoms. The Balaban J connectivity index is 2.23. The van der Waals surface area contributed by atoms with E-state index in [4.69, 9.17) is 4.74 Å². The Kier molecular flexibility index (Phi) is 10.3. The highest BCUT2D eigenvalue weighted by atomic mass is 16.5. The topological polar surface area (TPSA) is 74.8 Å². The van der Waals surface area contributed by atoms with E-state index in [-0.39, 0.29) is 12.5 Å². The Bertz CT molecular complexity index is 544. The Morgan fingerprint density at radius 2 is 2.08 bits per heavy atom. The number of hydrogen-bond donors (Lipinski definition) is 3. The Morgan fingerprint density at radius 1 is 1.28 bits per heavy atom. The van der Waals surface area contributed by atoms with E-state index in [0.717, 1.165) is 38.3 Å². The summed E-state index contributed by atoms with van der Waals surface area (Å²) in [6.07, 6.45) is 1.84. The number of nitrogens with zero attached hydrogens (tertiary/aromatic N) is 1. The summed E-state index contributed by atoms with van der Waals surface area (Å²) in [5.74, 6) is 1.07. The van der Waals surface area contributed by atoms with E-state index < -0.39 is 0 Å². The fraction of sp³-hybridized carbons (Fsp3) is 0.579. The molecule has 0 aliphatic heterocycles. The predicted octanol–water partition coefficient (Wildman–Crippen LogP) is 2.42. The van der Waals surface area contributed by atoms with Gasteiger partial charge in [-0.2, -0.15) is 0 Å². The number of rotatable bonds is 10. The molecule has 1 amide bonds. The van der Waals surface area contributed by atoms with Crippen molar-refractivity contribution >= 4 is 17.6 Å². The van der Waals surface area contributed by atoms with Crippen LogP contribution in [0.5, 0.6) is 0 Å². The molecule has 0 saturated carbocycles. The summed E-state index contributed by atoms with van der Waals surface area (Å²) in [5.41, 5.74) is 2.01. The molecular formula is C19H32N4O2. The number of amides is 1. The first kappa shape index (κ1) is 21.0. The highest BCUT2D eigenvalue weighted by Crippen LogP contribution is 2.10. The van der Waals surface area contributed by atoms with Crippen molar-refractivity contribution in [3.05, 3.63) is 29.8 Å². The Morgan fingerprint density at radius 3 is 2.76 bits per heavy atom. The van der Waals surface area contributed by atoms with Crippen molar-refractivity contribution in [2.24, 2.45) is 10.9 Å². The molecule has 0 heterocycles. The Labute approximate surface area is 151 Å². The molecule has 25 heavy (non-hydrogen) atoms. The molecule has 6 nitrogen and oxygen atoms in total. The third kappa shape index (κ3) is 9.72. The summed E-state index contributed by atoms with van der Waals surface area (Å²) in [4.78, 5) is 16.1. The van der Waals surface area contributed by atoms with Gasteiger partial charge in [-0.1, -0.05) is 32.9 Å². The quantitative estimate of drug-likeness (QED) is 0.345. The van der Waals surface area contributed by atoms with Crippen molar-refractivity contribution in [1.29, 1.82) is 0 Å². The highest BCUT2D eigenvalue weighted by molar-refractivity contribution is 5.95. The van der Waals surface area contributed by atoms with Gasteiger partial charge >= 0.3 is 0 Å². The average molecular weight is 348 g/mol. The molecular weight excluding hydrogens is 316 g/mol. The van der Waals surface area contributed by atoms with Gasteiger partial charge in [0.1, 0.15) is 0 Å². The molecule has 0 radical (unpaired) electrons. The van der Waals surface area contributed by atoms with Crippen LogP contribution in [0.4, 0.5) is 5.69 Å². The van der Waals surface area contributed by atoms with E-state index in [0.29, 0.717) is 11.9 Å². The largest absolute Gasteiger partial charge is 0.381 e. The molecule has 0 aliphatic rings. The third-order valence-corrected chi connectivity index (χ3v) is 3.47. The minimum atomic E-state index is -0.100. The molecule has 1 aromatic rings. The maximum atomic E-state index is 12.0. The lowest BCUT2D eigenvalue weighted by Crippen LogP contribution is -2.41. The minimum absolute atomic E-state index is 0.100. The zero-order valence-corrected chi connectivity index (χ0v) is 15.9. The van der Waals surface area contributed by atoms with Crippen molar-refractivity contribution in [2.45, 2.75) is 33.6 Å². The smallest absolute Gasteiger partial charge is 0.243 e. The molecule has 0 bridgehead atoms. The van der Waals surface area contributed by atoms with Gasteiger partial charge in [-0.3, -0.25) is 9.79 Å². The maximum Gasteiger partial charge on any atom is 0.243 e. The maximum absolute atomic E-state index is 12.0. The molecule has 1 aromatic carbocycles. The number of anilines is 1. The second kappa shape index (κ2) is 12.3. The van der Waals surface area contributed by atoms with Crippen LogP contribution in [0.1, 0.15) is 32.8 Å². The van der Waals surface area contributed by atoms with Crippen LogP contribution < -0.4 is 16.0 Å². The minimum Gasteiger partial charge on any atom is -0.381 e. The number of aryl methyl sites for hydroxylation is 1. The molecule has 0 fully saturated rings. The predicted molar refractivity (Wildman–Crippen MR) is 104 cm³/mol. The van der Waals surface area contributed by atoms with Crippen molar-refractivity contribution in [3.63, 3.8) is 0 Å². The molecule has 0 atom stereocenters. The van der Waals surface area contributed by atoms with Gasteiger partial charge in [-0.05, 0) is 36.5 Å². The van der Waals surface area contributed by atoms with Crippen molar-refractivity contribution in [3.8, 4) is 0 Å². The lowest BCUT2D eigenvalue weighted by molar-refractivity contribution is -0.115. The molecule has 3 N–H and O–H groups in total. The van der Waals surface area contributed by atoms with Crippen LogP contribution in [0.2, 0.25) is 0 Å². The van der Waals surface area contributed by atoms with Crippen LogP contribution in [0.25, 0.3) is 0 Å². The second-order valence-corrected chi connectivity index (χ2v) is 6.28. The molecule has 1 rings (SSSR count). The van der Waals surface area contributed by atoms with Gasteiger partial charge in [-0.15, -0.1) is 0 Å². The van der Waals surface area contributed by atoms with Gasteiger partial charge in [0.25, 0.3) is 0 Å². The van der Waals surface area contributed by atoms with E-state index in [9.17, 15) is 4.79 Å². The number of carbonyl (C=O) groups excluding carboxylic acids is 1. The summed E-state index contributed by atoms with van der Waals surface area (Å²) in [6.45, 7) is 8.77. The van der Waals surface area contributed by atoms with Crippen LogP contribution in [-0.2, 0) is 16.0 Å². The van der Waals surface area contributed by atoms with Crippen LogP contribution in [-0.4, -0.2) is 45.2 Å². The van der Waals surface area contributed by atoms with E-state index >= 15 is 0 Å². The van der Waals surface area contributed by atoms with Crippen molar-refractivity contribution in [1.82, 2.24) is 10.6 Å². The summed E-state index contributed by atoms with van der Waals surface area (Å²) >= 11 is 0. The first-order valence-corrected chi connectivity index (χ1v) is 8.96. The van der Waals surface area contributed by atoms with Crippen LogP contribution in [0.3, 0.4) is 0 Å². The number of ether oxygens (including phenoxy) is 1. The first-order valence-electron chi connectivity index (χ1n) is 8.96. The zero-order valence-electron chi connectivity index (χ0n) is 15.9. The summed E-state index contributed by atoms with van der Waals surface area (Å²) in [5, 5.41) is 9.07. The number of benzene rings is 1. The van der Waals surface area contributed by atoms with Crippen LogP contribution in [0.15, 0.2) is 29.3 Å². The zero-order chi connectivity index (χ0) is 18.5. The number of aliphatic imine (C=N–C) groups is 1. The number of carbonyl (C=O) groups is 1. The third-order valence-electron chi connectivity index (χ3n) is 3.47. The van der Waals surface area contributed by atoms with E-state index in [1.807, 2.05) is 24.3 Å². The van der Waals surface area contributed by atoms with Gasteiger partial charge in [0, 0.05) is 32.5 Å². The number of nitrogens with one attached hydrogen (secondary N) is 3. The first-order chi connectivity index (χ1) is 12.0. The van der Waals surface area contributed by atoms with E-state index in [1.54, 1.807) is 7.05 Å². The van der Waals surface area contributed by atoms with Crippen molar-refractivity contribution in [2.75, 3.05) is 38.7 Å². The summed E-state index contributed by atoms with van der Waals surface area (Å²) in [6, 6.07) is 7.87. The fourth-order valence-electron chi connectivity index (χ4n) is 2.16. The fourth-order valence-corrected chi connectivity index (χ4v) is 2.16. The highest BCUT2D eigenvalue weighted by Gasteiger charge is 2.04. The molecule has 140 valence electrons. The summed E-state index contributed by atoms with van der Waals surface area (Å²) < 4.78 is 5.53. The van der Waals surface area contributed by atoms with Gasteiger partial charge in [-0.25, -0.2) is 0 Å². The SMILES string of the molecule is CCc1cccc(NC(=O)CNC(=NC)NCCCOCC(C)C)c1. The van der Waals surface area contributed by atoms with Crippen LogP contribution >= 0.6 is 0 Å². The van der Waals surface area contributed by atoms with Gasteiger partial charge < -0.3 is 20.7 Å². The molecule has 0 spiro atoms. The van der Waals surface area contributed by atoms with Gasteiger partial charge in [0.15, 0.2) is 5.96 Å². The Hall–Kier alpha value is -2.08. The van der Waals surface area contributed by atoms with Crippen molar-refractivity contribution < 1.29 is 9.53 Å². The normalized spacial score (nSPS) is 11.5.